The average Bonchev–Trinajstić information content (AvgIpc) is 3.48. The van der Waals surface area contributed by atoms with Crippen molar-refractivity contribution >= 4 is 22.7 Å². The number of ether oxygens (including phenoxy) is 4. The van der Waals surface area contributed by atoms with Gasteiger partial charge in [-0.25, -0.2) is 9.67 Å². The fourth-order valence-electron chi connectivity index (χ4n) is 5.55. The van der Waals surface area contributed by atoms with Crippen molar-refractivity contribution in [1.29, 1.82) is 0 Å². The van der Waals surface area contributed by atoms with Gasteiger partial charge in [-0.1, -0.05) is 0 Å². The summed E-state index contributed by atoms with van der Waals surface area (Å²) >= 11 is 0. The first kappa shape index (κ1) is 33.2. The number of pyridine rings is 1. The molecule has 0 bridgehead atoms. The van der Waals surface area contributed by atoms with Crippen LogP contribution in [0.25, 0.3) is 22.2 Å². The van der Waals surface area contributed by atoms with Crippen LogP contribution in [0.2, 0.25) is 0 Å². The van der Waals surface area contributed by atoms with E-state index in [0.717, 1.165) is 36.5 Å². The third-order valence-electron chi connectivity index (χ3n) is 8.56. The number of amides is 2. The standard InChI is InChI=1S/C31H24F7N5O7/c1-28(26(39)45)12-47-24-17(28)9-21(41-23(24)13-2-5-18-19(7-13)50-31(37,38)49-18)29(46,30(34,35)36)11-40-25(44)14-6-15-10-43(27(32)33)42-22(15)20(8-14)48-16-3-4-16/h2,5-10,16,27,46H,3-4,11-12H2,1H3,(H2,39,45)(H,40,44)/t28-,29?/m0/s1. The van der Waals surface area contributed by atoms with Crippen LogP contribution in [0.5, 0.6) is 23.0 Å². The third kappa shape index (κ3) is 5.54. The second kappa shape index (κ2) is 11.1. The highest BCUT2D eigenvalue weighted by molar-refractivity contribution is 6.00. The number of carbonyl (C=O) groups is 2. The number of halogens is 7. The monoisotopic (exact) mass is 711 g/mol. The number of alkyl halides is 7. The Morgan fingerprint density at radius 1 is 1.14 bits per heavy atom. The lowest BCUT2D eigenvalue weighted by atomic mass is 9.81. The fraction of sp³-hybridized carbons (Fsp3) is 0.355. The van der Waals surface area contributed by atoms with Crippen molar-refractivity contribution in [3.05, 3.63) is 59.4 Å². The van der Waals surface area contributed by atoms with Gasteiger partial charge in [0.05, 0.1) is 18.3 Å². The molecule has 3 aliphatic rings. The van der Waals surface area contributed by atoms with Crippen LogP contribution in [-0.2, 0) is 15.8 Å². The van der Waals surface area contributed by atoms with Crippen LogP contribution in [0.4, 0.5) is 30.7 Å². The Morgan fingerprint density at radius 2 is 1.86 bits per heavy atom. The van der Waals surface area contributed by atoms with Crippen molar-refractivity contribution in [2.45, 2.75) is 55.9 Å². The number of nitrogens with zero attached hydrogens (tertiary/aromatic N) is 3. The van der Waals surface area contributed by atoms with Gasteiger partial charge in [0.1, 0.15) is 34.7 Å². The zero-order valence-electron chi connectivity index (χ0n) is 25.5. The highest BCUT2D eigenvalue weighted by Crippen LogP contribution is 2.50. The quantitative estimate of drug-likeness (QED) is 0.210. The minimum Gasteiger partial charge on any atom is -0.489 e. The Hall–Kier alpha value is -5.33. The van der Waals surface area contributed by atoms with Crippen LogP contribution in [0.15, 0.2) is 42.6 Å². The summed E-state index contributed by atoms with van der Waals surface area (Å²) in [5.74, 6) is -3.27. The molecular formula is C31H24F7N5O7. The molecule has 0 radical (unpaired) electrons. The molecule has 0 saturated heterocycles. The van der Waals surface area contributed by atoms with E-state index in [0.29, 0.717) is 17.5 Å². The second-order valence-electron chi connectivity index (χ2n) is 12.2. The molecule has 19 heteroatoms. The molecule has 2 atom stereocenters. The van der Waals surface area contributed by atoms with Gasteiger partial charge in [-0.2, -0.15) is 27.1 Å². The number of rotatable bonds is 9. The summed E-state index contributed by atoms with van der Waals surface area (Å²) in [7, 11) is 0. The lowest BCUT2D eigenvalue weighted by Crippen LogP contribution is -2.51. The van der Waals surface area contributed by atoms with Crippen molar-refractivity contribution in [2.75, 3.05) is 13.2 Å². The average molecular weight is 712 g/mol. The predicted molar refractivity (Wildman–Crippen MR) is 155 cm³/mol. The lowest BCUT2D eigenvalue weighted by molar-refractivity contribution is -0.286. The van der Waals surface area contributed by atoms with Gasteiger partial charge in [-0.05, 0) is 56.2 Å². The Kier molecular flexibility index (Phi) is 7.36. The van der Waals surface area contributed by atoms with Crippen LogP contribution in [0, 0.1) is 0 Å². The van der Waals surface area contributed by atoms with Crippen molar-refractivity contribution in [3.63, 3.8) is 0 Å². The molecule has 12 nitrogen and oxygen atoms in total. The van der Waals surface area contributed by atoms with Gasteiger partial charge in [-0.15, -0.1) is 8.78 Å². The summed E-state index contributed by atoms with van der Waals surface area (Å²) < 4.78 is 119. The van der Waals surface area contributed by atoms with Crippen LogP contribution >= 0.6 is 0 Å². The maximum absolute atomic E-state index is 14.9. The number of hydrogen-bond donors (Lipinski definition) is 3. The maximum Gasteiger partial charge on any atom is 0.586 e. The van der Waals surface area contributed by atoms with Crippen molar-refractivity contribution < 1.29 is 64.4 Å². The van der Waals surface area contributed by atoms with E-state index >= 15 is 0 Å². The minimum absolute atomic E-state index is 0.00220. The van der Waals surface area contributed by atoms with Crippen molar-refractivity contribution in [1.82, 2.24) is 20.1 Å². The molecule has 2 amide bonds. The molecule has 1 saturated carbocycles. The number of nitrogens with two attached hydrogens (primary N) is 1. The number of carbonyl (C=O) groups excluding carboxylic acids is 2. The van der Waals surface area contributed by atoms with E-state index in [2.05, 4.69) is 19.6 Å². The number of fused-ring (bicyclic) bond motifs is 3. The number of primary amides is 1. The molecule has 2 aromatic heterocycles. The van der Waals surface area contributed by atoms with E-state index in [1.807, 2.05) is 5.32 Å². The number of aliphatic hydroxyl groups is 1. The first-order valence-electron chi connectivity index (χ1n) is 14.8. The number of hydrogen-bond acceptors (Lipinski definition) is 9. The number of nitrogens with one attached hydrogen (secondary N) is 1. The highest BCUT2D eigenvalue weighted by Gasteiger charge is 2.58. The summed E-state index contributed by atoms with van der Waals surface area (Å²) in [5, 5.41) is 17.2. The van der Waals surface area contributed by atoms with E-state index in [1.165, 1.54) is 13.0 Å². The molecule has 1 fully saturated rings. The topological polar surface area (TPSA) is 160 Å². The molecule has 1 unspecified atom stereocenters. The summed E-state index contributed by atoms with van der Waals surface area (Å²) in [6.45, 7) is -3.71. The molecule has 4 aromatic rings. The molecule has 4 N–H and O–H groups in total. The number of benzene rings is 2. The van der Waals surface area contributed by atoms with E-state index in [4.69, 9.17) is 15.2 Å². The molecule has 0 spiro atoms. The molecule has 50 heavy (non-hydrogen) atoms. The Morgan fingerprint density at radius 3 is 2.52 bits per heavy atom. The first-order chi connectivity index (χ1) is 23.4. The second-order valence-corrected chi connectivity index (χ2v) is 12.2. The van der Waals surface area contributed by atoms with Crippen molar-refractivity contribution in [3.8, 4) is 34.3 Å². The van der Waals surface area contributed by atoms with Gasteiger partial charge in [0, 0.05) is 28.3 Å². The van der Waals surface area contributed by atoms with Gasteiger partial charge in [0.25, 0.3) is 5.91 Å². The van der Waals surface area contributed by atoms with Gasteiger partial charge >= 0.3 is 19.0 Å². The predicted octanol–water partition coefficient (Wildman–Crippen LogP) is 4.67. The first-order valence-corrected chi connectivity index (χ1v) is 14.8. The van der Waals surface area contributed by atoms with Crippen LogP contribution in [0.3, 0.4) is 0 Å². The van der Waals surface area contributed by atoms with Gasteiger partial charge in [0.15, 0.2) is 11.5 Å². The molecule has 7 rings (SSSR count). The smallest absolute Gasteiger partial charge is 0.489 e. The zero-order chi connectivity index (χ0) is 36.0. The Balaban J connectivity index is 1.28. The minimum atomic E-state index is -5.53. The van der Waals surface area contributed by atoms with E-state index in [1.54, 1.807) is 0 Å². The molecule has 264 valence electrons. The lowest BCUT2D eigenvalue weighted by Gasteiger charge is -2.31. The Bertz CT molecular complexity index is 2070. The third-order valence-corrected chi connectivity index (χ3v) is 8.56. The maximum atomic E-state index is 14.9. The highest BCUT2D eigenvalue weighted by atomic mass is 19.4. The summed E-state index contributed by atoms with van der Waals surface area (Å²) in [6.07, 6.45) is -7.57. The van der Waals surface area contributed by atoms with Crippen molar-refractivity contribution in [2.24, 2.45) is 5.73 Å². The number of aromatic nitrogens is 3. The molecular weight excluding hydrogens is 687 g/mol. The molecule has 2 aromatic carbocycles. The van der Waals surface area contributed by atoms with Crippen LogP contribution in [-0.4, -0.2) is 63.4 Å². The van der Waals surface area contributed by atoms with E-state index in [9.17, 15) is 45.4 Å². The summed E-state index contributed by atoms with van der Waals surface area (Å²) in [4.78, 5) is 29.8. The Labute approximate surface area is 275 Å². The van der Waals surface area contributed by atoms with E-state index < -0.39 is 72.1 Å². The van der Waals surface area contributed by atoms with Gasteiger partial charge < -0.3 is 35.1 Å². The zero-order valence-corrected chi connectivity index (χ0v) is 25.5. The fourth-order valence-corrected chi connectivity index (χ4v) is 5.55. The van der Waals surface area contributed by atoms with Gasteiger partial charge in [0.2, 0.25) is 11.5 Å². The van der Waals surface area contributed by atoms with Crippen LogP contribution < -0.4 is 30.0 Å². The molecule has 1 aliphatic carbocycles. The van der Waals surface area contributed by atoms with Crippen LogP contribution in [0.1, 0.15) is 47.9 Å². The largest absolute Gasteiger partial charge is 0.586 e. The SMILES string of the molecule is C[C@]1(C(N)=O)COc2c1cc(C(O)(CNC(=O)c1cc(OC3CC3)c3nn(C(F)F)cc3c1)C(F)(F)F)nc2-c1ccc2c(c1)OC(F)(F)O2. The van der Waals surface area contributed by atoms with Gasteiger partial charge in [-0.3, -0.25) is 9.59 Å². The van der Waals surface area contributed by atoms with E-state index in [-0.39, 0.29) is 50.9 Å². The molecule has 2 aliphatic heterocycles. The summed E-state index contributed by atoms with van der Waals surface area (Å²) in [6, 6.07) is 6.23. The normalized spacial score (nSPS) is 20.4. The summed E-state index contributed by atoms with van der Waals surface area (Å²) in [5.41, 5.74) is -2.19. The molecule has 4 heterocycles.